The predicted octanol–water partition coefficient (Wildman–Crippen LogP) is 5.14. The van der Waals surface area contributed by atoms with E-state index in [0.717, 1.165) is 16.8 Å². The number of hydrogen-bond donors (Lipinski definition) is 1. The van der Waals surface area contributed by atoms with Crippen molar-refractivity contribution in [3.63, 3.8) is 0 Å². The molecule has 1 aliphatic heterocycles. The number of nitrogens with zero attached hydrogens (tertiary/aromatic N) is 1. The molecule has 0 spiro atoms. The first-order chi connectivity index (χ1) is 12.3. The highest BCUT2D eigenvalue weighted by molar-refractivity contribution is 5.97. The minimum Gasteiger partial charge on any atom is -0.333 e. The molecule has 4 rings (SSSR count). The van der Waals surface area contributed by atoms with Crippen LogP contribution in [0.15, 0.2) is 78.9 Å². The third-order valence-corrected chi connectivity index (χ3v) is 4.80. The molecule has 0 aromatic heterocycles. The second-order valence-corrected chi connectivity index (χ2v) is 6.28. The molecule has 0 aliphatic carbocycles. The zero-order valence-corrected chi connectivity index (χ0v) is 14.1. The Balaban J connectivity index is 1.81. The number of anilines is 1. The Morgan fingerprint density at radius 2 is 1.56 bits per heavy atom. The summed E-state index contributed by atoms with van der Waals surface area (Å²) in [6, 6.07) is 26.6. The largest absolute Gasteiger partial charge is 0.333 e. The minimum absolute atomic E-state index is 0.0359. The summed E-state index contributed by atoms with van der Waals surface area (Å²) in [5.41, 5.74) is 5.61. The second-order valence-electron chi connectivity index (χ2n) is 6.28. The first-order valence-corrected chi connectivity index (χ1v) is 8.55. The highest BCUT2D eigenvalue weighted by Crippen LogP contribution is 2.37. The van der Waals surface area contributed by atoms with Gasteiger partial charge >= 0.3 is 6.03 Å². The monoisotopic (exact) mass is 328 g/mol. The molecule has 124 valence electrons. The van der Waals surface area contributed by atoms with Gasteiger partial charge in [0, 0.05) is 12.1 Å². The average Bonchev–Trinajstić information content (AvgIpc) is 2.68. The standard InChI is InChI=1S/C22H20N2O/c1-16(17-9-4-2-5-10-17)24-21-14-8-13-19(18-11-6-3-7-12-18)20(21)15-23-22(24)25/h2-14,16H,15H2,1H3,(H,23,25). The number of rotatable bonds is 3. The first kappa shape index (κ1) is 15.5. The Morgan fingerprint density at radius 3 is 2.28 bits per heavy atom. The first-order valence-electron chi connectivity index (χ1n) is 8.55. The van der Waals surface area contributed by atoms with E-state index in [1.807, 2.05) is 53.4 Å². The number of hydrogen-bond acceptors (Lipinski definition) is 1. The Morgan fingerprint density at radius 1 is 0.880 bits per heavy atom. The lowest BCUT2D eigenvalue weighted by atomic mass is 9.95. The van der Waals surface area contributed by atoms with Crippen molar-refractivity contribution in [2.45, 2.75) is 19.5 Å². The molecule has 0 radical (unpaired) electrons. The van der Waals surface area contributed by atoms with Gasteiger partial charge in [0.25, 0.3) is 0 Å². The maximum absolute atomic E-state index is 12.6. The summed E-state index contributed by atoms with van der Waals surface area (Å²) >= 11 is 0. The molecule has 3 nitrogen and oxygen atoms in total. The molecule has 1 atom stereocenters. The van der Waals surface area contributed by atoms with E-state index in [-0.39, 0.29) is 12.1 Å². The summed E-state index contributed by atoms with van der Waals surface area (Å²) in [6.45, 7) is 2.62. The van der Waals surface area contributed by atoms with Crippen LogP contribution in [0.5, 0.6) is 0 Å². The fraction of sp³-hybridized carbons (Fsp3) is 0.136. The molecule has 3 aromatic rings. The van der Waals surface area contributed by atoms with E-state index in [1.165, 1.54) is 11.1 Å². The van der Waals surface area contributed by atoms with Crippen LogP contribution >= 0.6 is 0 Å². The summed E-state index contributed by atoms with van der Waals surface area (Å²) in [4.78, 5) is 14.5. The maximum Gasteiger partial charge on any atom is 0.322 e. The normalized spacial score (nSPS) is 14.6. The van der Waals surface area contributed by atoms with Gasteiger partial charge in [-0.25, -0.2) is 4.79 Å². The quantitative estimate of drug-likeness (QED) is 0.709. The number of amides is 2. The molecule has 0 bridgehead atoms. The van der Waals surface area contributed by atoms with Crippen LogP contribution in [0.25, 0.3) is 11.1 Å². The number of carbonyl (C=O) groups excluding carboxylic acids is 1. The summed E-state index contributed by atoms with van der Waals surface area (Å²) in [5.74, 6) is 0. The lowest BCUT2D eigenvalue weighted by Gasteiger charge is -2.36. The molecule has 3 aromatic carbocycles. The van der Waals surface area contributed by atoms with Crippen LogP contribution in [-0.2, 0) is 6.54 Å². The third-order valence-electron chi connectivity index (χ3n) is 4.80. The van der Waals surface area contributed by atoms with Gasteiger partial charge in [0.15, 0.2) is 0 Å². The molecule has 1 unspecified atom stereocenters. The Kier molecular flexibility index (Phi) is 3.98. The molecule has 1 heterocycles. The van der Waals surface area contributed by atoms with Gasteiger partial charge in [-0.2, -0.15) is 0 Å². The molecule has 0 saturated heterocycles. The van der Waals surface area contributed by atoms with Gasteiger partial charge in [0.05, 0.1) is 11.7 Å². The van der Waals surface area contributed by atoms with Gasteiger partial charge in [-0.1, -0.05) is 72.8 Å². The number of urea groups is 1. The van der Waals surface area contributed by atoms with E-state index < -0.39 is 0 Å². The molecule has 1 N–H and O–H groups in total. The molecule has 1 aliphatic rings. The lowest BCUT2D eigenvalue weighted by molar-refractivity contribution is 0.242. The average molecular weight is 328 g/mol. The Bertz CT molecular complexity index is 890. The number of benzene rings is 3. The predicted molar refractivity (Wildman–Crippen MR) is 101 cm³/mol. The van der Waals surface area contributed by atoms with Crippen molar-refractivity contribution in [1.29, 1.82) is 0 Å². The minimum atomic E-state index is -0.0472. The lowest BCUT2D eigenvalue weighted by Crippen LogP contribution is -2.45. The summed E-state index contributed by atoms with van der Waals surface area (Å²) < 4.78 is 0. The van der Waals surface area contributed by atoms with Crippen LogP contribution in [0.2, 0.25) is 0 Å². The van der Waals surface area contributed by atoms with Crippen molar-refractivity contribution in [2.75, 3.05) is 4.90 Å². The van der Waals surface area contributed by atoms with E-state index >= 15 is 0 Å². The fourth-order valence-corrected chi connectivity index (χ4v) is 3.50. The molecule has 25 heavy (non-hydrogen) atoms. The Labute approximate surface area is 147 Å². The number of nitrogens with one attached hydrogen (secondary N) is 1. The SMILES string of the molecule is CC(c1ccccc1)N1C(=O)NCc2c(-c3ccccc3)cccc21. The summed E-state index contributed by atoms with van der Waals surface area (Å²) in [7, 11) is 0. The zero-order chi connectivity index (χ0) is 17.2. The van der Waals surface area contributed by atoms with Crippen molar-refractivity contribution >= 4 is 11.7 Å². The molecule has 2 amide bonds. The van der Waals surface area contributed by atoms with Crippen LogP contribution in [0.1, 0.15) is 24.1 Å². The maximum atomic E-state index is 12.6. The smallest absolute Gasteiger partial charge is 0.322 e. The van der Waals surface area contributed by atoms with Gasteiger partial charge in [0.1, 0.15) is 0 Å². The molecular weight excluding hydrogens is 308 g/mol. The van der Waals surface area contributed by atoms with Gasteiger partial charge in [-0.3, -0.25) is 4.90 Å². The zero-order valence-electron chi connectivity index (χ0n) is 14.1. The molecule has 3 heteroatoms. The summed E-state index contributed by atoms with van der Waals surface area (Å²) in [5, 5.41) is 3.04. The molecule has 0 fully saturated rings. The molecule has 0 saturated carbocycles. The van der Waals surface area contributed by atoms with Crippen molar-refractivity contribution in [3.05, 3.63) is 90.0 Å². The van der Waals surface area contributed by atoms with Crippen molar-refractivity contribution in [3.8, 4) is 11.1 Å². The van der Waals surface area contributed by atoms with E-state index in [2.05, 4.69) is 42.6 Å². The van der Waals surface area contributed by atoms with E-state index in [9.17, 15) is 4.79 Å². The van der Waals surface area contributed by atoms with Gasteiger partial charge in [-0.05, 0) is 29.7 Å². The van der Waals surface area contributed by atoms with E-state index in [4.69, 9.17) is 0 Å². The summed E-state index contributed by atoms with van der Waals surface area (Å²) in [6.07, 6.45) is 0. The van der Waals surface area contributed by atoms with Crippen LogP contribution in [0.3, 0.4) is 0 Å². The fourth-order valence-electron chi connectivity index (χ4n) is 3.50. The third kappa shape index (κ3) is 2.78. The van der Waals surface area contributed by atoms with Crippen molar-refractivity contribution < 1.29 is 4.79 Å². The van der Waals surface area contributed by atoms with Crippen molar-refractivity contribution in [1.82, 2.24) is 5.32 Å². The number of fused-ring (bicyclic) bond motifs is 1. The topological polar surface area (TPSA) is 32.3 Å². The highest BCUT2D eigenvalue weighted by Gasteiger charge is 2.30. The highest BCUT2D eigenvalue weighted by atomic mass is 16.2. The van der Waals surface area contributed by atoms with Crippen LogP contribution < -0.4 is 10.2 Å². The van der Waals surface area contributed by atoms with Gasteiger partial charge < -0.3 is 5.32 Å². The van der Waals surface area contributed by atoms with Crippen LogP contribution in [-0.4, -0.2) is 6.03 Å². The van der Waals surface area contributed by atoms with Crippen LogP contribution in [0.4, 0.5) is 10.5 Å². The molecular formula is C22H20N2O. The van der Waals surface area contributed by atoms with Gasteiger partial charge in [-0.15, -0.1) is 0 Å². The van der Waals surface area contributed by atoms with Crippen molar-refractivity contribution in [2.24, 2.45) is 0 Å². The van der Waals surface area contributed by atoms with E-state index in [0.29, 0.717) is 6.54 Å². The Hall–Kier alpha value is -3.07. The number of carbonyl (C=O) groups is 1. The van der Waals surface area contributed by atoms with E-state index in [1.54, 1.807) is 0 Å². The second kappa shape index (κ2) is 6.44. The van der Waals surface area contributed by atoms with Gasteiger partial charge in [0.2, 0.25) is 0 Å². The van der Waals surface area contributed by atoms with Crippen LogP contribution in [0, 0.1) is 0 Å².